The summed E-state index contributed by atoms with van der Waals surface area (Å²) < 4.78 is 2.08. The fourth-order valence-corrected chi connectivity index (χ4v) is 4.50. The molecule has 0 saturated carbocycles. The summed E-state index contributed by atoms with van der Waals surface area (Å²) in [6.45, 7) is 8.27. The van der Waals surface area contributed by atoms with E-state index in [0.29, 0.717) is 30.2 Å². The summed E-state index contributed by atoms with van der Waals surface area (Å²) in [5, 5.41) is 10.6. The predicted octanol–water partition coefficient (Wildman–Crippen LogP) is 4.41. The van der Waals surface area contributed by atoms with Crippen LogP contribution in [0.3, 0.4) is 0 Å². The number of para-hydroxylation sites is 1. The van der Waals surface area contributed by atoms with Crippen molar-refractivity contribution in [1.29, 1.82) is 0 Å². The second-order valence-corrected chi connectivity index (χ2v) is 9.04. The van der Waals surface area contributed by atoms with E-state index >= 15 is 0 Å². The second-order valence-electron chi connectivity index (χ2n) is 8.60. The van der Waals surface area contributed by atoms with Gasteiger partial charge in [0.05, 0.1) is 5.52 Å². The van der Waals surface area contributed by atoms with Crippen molar-refractivity contribution in [2.45, 2.75) is 32.7 Å². The first-order valence-corrected chi connectivity index (χ1v) is 11.3. The minimum absolute atomic E-state index is 0.0224. The molecule has 1 aliphatic rings. The highest BCUT2D eigenvalue weighted by Crippen LogP contribution is 2.28. The molecule has 32 heavy (non-hydrogen) atoms. The zero-order valence-electron chi connectivity index (χ0n) is 18.4. The fourth-order valence-electron chi connectivity index (χ4n) is 4.37. The van der Waals surface area contributed by atoms with Crippen LogP contribution in [-0.2, 0) is 0 Å². The minimum Gasteiger partial charge on any atom is -0.338 e. The number of piperazine rings is 1. The van der Waals surface area contributed by atoms with Crippen molar-refractivity contribution in [3.05, 3.63) is 64.9 Å². The van der Waals surface area contributed by atoms with Gasteiger partial charge in [-0.2, -0.15) is 0 Å². The number of nitrogens with zero attached hydrogens (tertiary/aromatic N) is 6. The molecule has 3 heterocycles. The Kier molecular flexibility index (Phi) is 5.21. The number of amides is 1. The van der Waals surface area contributed by atoms with E-state index in [4.69, 9.17) is 16.6 Å². The number of carbonyl (C=O) groups is 1. The van der Waals surface area contributed by atoms with Crippen LogP contribution >= 0.6 is 11.6 Å². The van der Waals surface area contributed by atoms with Crippen molar-refractivity contribution in [3.8, 4) is 0 Å². The third kappa shape index (κ3) is 3.46. The molecule has 0 radical (unpaired) electrons. The van der Waals surface area contributed by atoms with E-state index in [0.717, 1.165) is 28.3 Å². The second kappa shape index (κ2) is 8.06. The summed E-state index contributed by atoms with van der Waals surface area (Å²) in [7, 11) is 0. The molecule has 1 amide bonds. The zero-order valence-corrected chi connectivity index (χ0v) is 19.1. The largest absolute Gasteiger partial charge is 0.338 e. The van der Waals surface area contributed by atoms with E-state index in [-0.39, 0.29) is 17.9 Å². The van der Waals surface area contributed by atoms with Crippen LogP contribution in [0.1, 0.15) is 42.9 Å². The van der Waals surface area contributed by atoms with Gasteiger partial charge >= 0.3 is 0 Å². The number of hydrogen-bond donors (Lipinski definition) is 0. The molecule has 2 aromatic carbocycles. The Hall–Kier alpha value is -3.19. The maximum absolute atomic E-state index is 13.1. The van der Waals surface area contributed by atoms with Gasteiger partial charge in [0, 0.05) is 47.6 Å². The molecule has 0 aliphatic carbocycles. The average molecular weight is 449 g/mol. The molecule has 1 saturated heterocycles. The maximum atomic E-state index is 13.1. The normalized spacial score (nSPS) is 17.0. The first kappa shape index (κ1) is 20.7. The minimum atomic E-state index is 0.0224. The van der Waals surface area contributed by atoms with E-state index in [2.05, 4.69) is 40.3 Å². The third-order valence-electron chi connectivity index (χ3n) is 6.03. The molecular weight excluding hydrogens is 424 g/mol. The molecule has 0 bridgehead atoms. The van der Waals surface area contributed by atoms with Crippen LogP contribution in [0.2, 0.25) is 5.02 Å². The van der Waals surface area contributed by atoms with Crippen molar-refractivity contribution in [2.24, 2.45) is 0 Å². The highest BCUT2D eigenvalue weighted by Gasteiger charge is 2.31. The first-order valence-electron chi connectivity index (χ1n) is 10.9. The molecule has 5 rings (SSSR count). The summed E-state index contributed by atoms with van der Waals surface area (Å²) >= 11 is 5.98. The van der Waals surface area contributed by atoms with Gasteiger partial charge in [-0.05, 0) is 43.3 Å². The number of aromatic nitrogens is 4. The van der Waals surface area contributed by atoms with Crippen LogP contribution in [0.15, 0.2) is 48.5 Å². The molecule has 0 N–H and O–H groups in total. The predicted molar refractivity (Wildman–Crippen MR) is 127 cm³/mol. The first-order chi connectivity index (χ1) is 15.4. The van der Waals surface area contributed by atoms with Crippen LogP contribution in [-0.4, -0.2) is 56.1 Å². The Morgan fingerprint density at radius 3 is 2.53 bits per heavy atom. The van der Waals surface area contributed by atoms with E-state index in [1.54, 1.807) is 24.3 Å². The van der Waals surface area contributed by atoms with Gasteiger partial charge in [-0.3, -0.25) is 4.79 Å². The maximum Gasteiger partial charge on any atom is 0.254 e. The lowest BCUT2D eigenvalue weighted by Gasteiger charge is -2.40. The molecule has 1 unspecified atom stereocenters. The third-order valence-corrected chi connectivity index (χ3v) is 6.28. The summed E-state index contributed by atoms with van der Waals surface area (Å²) in [4.78, 5) is 22.2. The van der Waals surface area contributed by atoms with Crippen LogP contribution in [0.25, 0.3) is 16.6 Å². The Balaban J connectivity index is 1.50. The van der Waals surface area contributed by atoms with Crippen LogP contribution < -0.4 is 4.90 Å². The van der Waals surface area contributed by atoms with Crippen molar-refractivity contribution < 1.29 is 4.79 Å². The highest BCUT2D eigenvalue weighted by molar-refractivity contribution is 6.30. The Morgan fingerprint density at radius 1 is 1.06 bits per heavy atom. The number of carbonyl (C=O) groups excluding carboxylic acids is 1. The van der Waals surface area contributed by atoms with Crippen molar-refractivity contribution in [2.75, 3.05) is 24.5 Å². The zero-order chi connectivity index (χ0) is 22.4. The highest BCUT2D eigenvalue weighted by atomic mass is 35.5. The molecule has 4 aromatic rings. The lowest BCUT2D eigenvalue weighted by atomic mass is 10.1. The summed E-state index contributed by atoms with van der Waals surface area (Å²) in [5.74, 6) is 1.95. The Morgan fingerprint density at radius 2 is 1.81 bits per heavy atom. The Bertz CT molecular complexity index is 1300. The number of rotatable bonds is 3. The number of benzene rings is 2. The van der Waals surface area contributed by atoms with Gasteiger partial charge in [0.25, 0.3) is 5.91 Å². The summed E-state index contributed by atoms with van der Waals surface area (Å²) in [6.07, 6.45) is 0. The van der Waals surface area contributed by atoms with Crippen LogP contribution in [0.4, 0.5) is 5.95 Å². The molecule has 0 spiro atoms. The van der Waals surface area contributed by atoms with Gasteiger partial charge < -0.3 is 9.80 Å². The van der Waals surface area contributed by atoms with Crippen molar-refractivity contribution in [1.82, 2.24) is 24.5 Å². The van der Waals surface area contributed by atoms with E-state index in [1.807, 2.05) is 29.2 Å². The lowest BCUT2D eigenvalue weighted by molar-refractivity contribution is 0.0673. The van der Waals surface area contributed by atoms with Gasteiger partial charge in [0.15, 0.2) is 5.65 Å². The molecule has 1 atom stereocenters. The van der Waals surface area contributed by atoms with Crippen molar-refractivity contribution >= 4 is 40.0 Å². The molecule has 8 heteroatoms. The quantitative estimate of drug-likeness (QED) is 0.464. The lowest BCUT2D eigenvalue weighted by Crippen LogP contribution is -2.54. The molecule has 1 fully saturated rings. The van der Waals surface area contributed by atoms with Gasteiger partial charge in [-0.15, -0.1) is 10.2 Å². The molecule has 1 aliphatic heterocycles. The number of halogens is 1. The van der Waals surface area contributed by atoms with Gasteiger partial charge in [0.1, 0.15) is 5.82 Å². The van der Waals surface area contributed by atoms with Crippen LogP contribution in [0, 0.1) is 0 Å². The summed E-state index contributed by atoms with van der Waals surface area (Å²) in [5.41, 5.74) is 2.37. The Labute approximate surface area is 191 Å². The van der Waals surface area contributed by atoms with Crippen molar-refractivity contribution in [3.63, 3.8) is 0 Å². The molecule has 164 valence electrons. The smallest absolute Gasteiger partial charge is 0.254 e. The van der Waals surface area contributed by atoms with Crippen LogP contribution in [0.5, 0.6) is 0 Å². The van der Waals surface area contributed by atoms with Gasteiger partial charge in [0.2, 0.25) is 5.95 Å². The SMILES string of the molecule is CC(C)c1nnc2c3ccccc3nc(N3CCN(C(=O)c4ccc(Cl)cc4)C(C)C3)n12. The summed E-state index contributed by atoms with van der Waals surface area (Å²) in [6, 6.07) is 15.1. The van der Waals surface area contributed by atoms with E-state index < -0.39 is 0 Å². The number of fused-ring (bicyclic) bond motifs is 3. The number of anilines is 1. The van der Waals surface area contributed by atoms with E-state index in [1.165, 1.54) is 0 Å². The monoisotopic (exact) mass is 448 g/mol. The van der Waals surface area contributed by atoms with E-state index in [9.17, 15) is 4.79 Å². The van der Waals surface area contributed by atoms with Gasteiger partial charge in [-0.1, -0.05) is 37.6 Å². The molecule has 2 aromatic heterocycles. The number of hydrogen-bond acceptors (Lipinski definition) is 5. The standard InChI is InChI=1S/C24H25ClN6O/c1-15(2)21-27-28-22-19-6-4-5-7-20(19)26-24(31(21)22)29-12-13-30(16(3)14-29)23(32)17-8-10-18(25)11-9-17/h4-11,15-16H,12-14H2,1-3H3. The topological polar surface area (TPSA) is 66.6 Å². The molecular formula is C24H25ClN6O. The van der Waals surface area contributed by atoms with Gasteiger partial charge in [-0.25, -0.2) is 9.38 Å². The fraction of sp³-hybridized carbons (Fsp3) is 0.333. The molecule has 7 nitrogen and oxygen atoms in total. The average Bonchev–Trinajstić information content (AvgIpc) is 3.24.